The maximum Gasteiger partial charge on any atom is 0.162 e. The number of fused-ring (bicyclic) bond motifs is 1. The molecule has 7 heteroatoms. The van der Waals surface area contributed by atoms with Gasteiger partial charge in [0.1, 0.15) is 24.5 Å². The van der Waals surface area contributed by atoms with Gasteiger partial charge in [-0.2, -0.15) is 0 Å². The molecule has 1 aromatic heterocycles. The molecule has 0 aliphatic carbocycles. The molecule has 7 nitrogen and oxygen atoms in total. The number of terminal acetylenes is 1. The maximum atomic E-state index is 10.5. The van der Waals surface area contributed by atoms with Gasteiger partial charge in [0.25, 0.3) is 0 Å². The molecule has 0 radical (unpaired) electrons. The number of piperidine rings is 1. The molecule has 1 N–H and O–H groups in total. The molecule has 3 aromatic rings. The Balaban J connectivity index is 1.59. The third kappa shape index (κ3) is 4.81. The standard InChI is InChI=1S/C25H24N4O3/c1-3-18-6-4-7-19(14-18)28-25-21-15-24(23(31-2)16-22(21)26-17-27-25)32-20-8-11-29(12-9-20)10-5-13-30/h1,4-7,10,13-17,20H,8-9,11-12H2,2H3,(H,26,27,28). The Labute approximate surface area is 187 Å². The van der Waals surface area contributed by atoms with E-state index in [4.69, 9.17) is 15.9 Å². The van der Waals surface area contributed by atoms with Gasteiger partial charge in [-0.1, -0.05) is 12.0 Å². The lowest BCUT2D eigenvalue weighted by molar-refractivity contribution is -0.104. The van der Waals surface area contributed by atoms with Gasteiger partial charge >= 0.3 is 0 Å². The van der Waals surface area contributed by atoms with Gasteiger partial charge in [-0.15, -0.1) is 6.42 Å². The number of nitrogens with one attached hydrogen (secondary N) is 1. The summed E-state index contributed by atoms with van der Waals surface area (Å²) in [6, 6.07) is 11.4. The Morgan fingerprint density at radius 1 is 1.19 bits per heavy atom. The van der Waals surface area contributed by atoms with Crippen molar-refractivity contribution in [1.82, 2.24) is 14.9 Å². The number of hydrogen-bond donors (Lipinski definition) is 1. The van der Waals surface area contributed by atoms with Gasteiger partial charge < -0.3 is 19.7 Å². The zero-order valence-electron chi connectivity index (χ0n) is 17.8. The van der Waals surface area contributed by atoms with Crippen LogP contribution in [-0.4, -0.2) is 47.5 Å². The zero-order valence-corrected chi connectivity index (χ0v) is 17.8. The van der Waals surface area contributed by atoms with Crippen LogP contribution in [0.1, 0.15) is 18.4 Å². The van der Waals surface area contributed by atoms with Gasteiger partial charge in [-0.25, -0.2) is 9.97 Å². The summed E-state index contributed by atoms with van der Waals surface area (Å²) >= 11 is 0. The highest BCUT2D eigenvalue weighted by atomic mass is 16.5. The van der Waals surface area contributed by atoms with Crippen molar-refractivity contribution in [3.8, 4) is 23.8 Å². The topological polar surface area (TPSA) is 76.6 Å². The Hall–Kier alpha value is -4.05. The predicted molar refractivity (Wildman–Crippen MR) is 124 cm³/mol. The highest BCUT2D eigenvalue weighted by molar-refractivity contribution is 5.93. The van der Waals surface area contributed by atoms with Crippen LogP contribution >= 0.6 is 0 Å². The van der Waals surface area contributed by atoms with E-state index in [0.29, 0.717) is 17.3 Å². The largest absolute Gasteiger partial charge is 0.493 e. The lowest BCUT2D eigenvalue weighted by atomic mass is 10.1. The van der Waals surface area contributed by atoms with Gasteiger partial charge in [0, 0.05) is 54.8 Å². The van der Waals surface area contributed by atoms with Crippen LogP contribution in [0.25, 0.3) is 10.9 Å². The number of nitrogens with zero attached hydrogens (tertiary/aromatic N) is 3. The third-order valence-electron chi connectivity index (χ3n) is 5.36. The quantitative estimate of drug-likeness (QED) is 0.347. The van der Waals surface area contributed by atoms with E-state index >= 15 is 0 Å². The van der Waals surface area contributed by atoms with E-state index in [9.17, 15) is 4.79 Å². The van der Waals surface area contributed by atoms with E-state index in [1.165, 1.54) is 12.4 Å². The van der Waals surface area contributed by atoms with E-state index in [1.807, 2.05) is 42.6 Å². The van der Waals surface area contributed by atoms with Crippen molar-refractivity contribution in [1.29, 1.82) is 0 Å². The number of hydrogen-bond acceptors (Lipinski definition) is 7. The Morgan fingerprint density at radius 3 is 2.78 bits per heavy atom. The number of carbonyl (C=O) groups excluding carboxylic acids is 1. The summed E-state index contributed by atoms with van der Waals surface area (Å²) in [6.45, 7) is 1.65. The fourth-order valence-electron chi connectivity index (χ4n) is 3.72. The molecule has 1 fully saturated rings. The molecule has 0 amide bonds. The first-order chi connectivity index (χ1) is 15.7. The van der Waals surface area contributed by atoms with Gasteiger partial charge in [-0.3, -0.25) is 4.79 Å². The van der Waals surface area contributed by atoms with Crippen molar-refractivity contribution < 1.29 is 14.3 Å². The highest BCUT2D eigenvalue weighted by Crippen LogP contribution is 2.36. The molecule has 0 unspecified atom stereocenters. The van der Waals surface area contributed by atoms with E-state index in [2.05, 4.69) is 26.1 Å². The second-order valence-corrected chi connectivity index (χ2v) is 7.42. The average Bonchev–Trinajstić information content (AvgIpc) is 2.83. The number of allylic oxidation sites excluding steroid dienone is 1. The number of methoxy groups -OCH3 is 1. The second kappa shape index (κ2) is 9.84. The number of ether oxygens (including phenoxy) is 2. The van der Waals surface area contributed by atoms with Crippen molar-refractivity contribution in [3.05, 3.63) is 60.6 Å². The smallest absolute Gasteiger partial charge is 0.162 e. The monoisotopic (exact) mass is 428 g/mol. The molecule has 162 valence electrons. The molecular formula is C25H24N4O3. The first-order valence-corrected chi connectivity index (χ1v) is 10.4. The minimum atomic E-state index is 0.0515. The van der Waals surface area contributed by atoms with Crippen molar-refractivity contribution in [2.45, 2.75) is 18.9 Å². The lowest BCUT2D eigenvalue weighted by Gasteiger charge is -2.31. The number of aldehydes is 1. The molecule has 0 spiro atoms. The average molecular weight is 428 g/mol. The van der Waals surface area contributed by atoms with Crippen LogP contribution in [0.15, 0.2) is 55.0 Å². The van der Waals surface area contributed by atoms with Gasteiger partial charge in [-0.05, 0) is 30.3 Å². The van der Waals surface area contributed by atoms with Crippen molar-refractivity contribution in [2.24, 2.45) is 0 Å². The molecule has 1 aliphatic heterocycles. The normalized spacial score (nSPS) is 14.3. The number of benzene rings is 2. The number of aromatic nitrogens is 2. The molecule has 0 saturated carbocycles. The molecule has 2 aromatic carbocycles. The zero-order chi connectivity index (χ0) is 22.3. The Kier molecular flexibility index (Phi) is 6.52. The second-order valence-electron chi connectivity index (χ2n) is 7.42. The van der Waals surface area contributed by atoms with Crippen molar-refractivity contribution in [3.63, 3.8) is 0 Å². The minimum absolute atomic E-state index is 0.0515. The van der Waals surface area contributed by atoms with E-state index in [1.54, 1.807) is 7.11 Å². The first-order valence-electron chi connectivity index (χ1n) is 10.4. The molecular weight excluding hydrogens is 404 g/mol. The SMILES string of the molecule is C#Cc1cccc(Nc2ncnc3cc(OC)c(OC4CCN(C=CC=O)CC4)cc23)c1. The lowest BCUT2D eigenvalue weighted by Crippen LogP contribution is -2.35. The fourth-order valence-corrected chi connectivity index (χ4v) is 3.72. The van der Waals surface area contributed by atoms with Crippen LogP contribution < -0.4 is 14.8 Å². The molecule has 1 aliphatic rings. The summed E-state index contributed by atoms with van der Waals surface area (Å²) in [4.78, 5) is 21.5. The van der Waals surface area contributed by atoms with Crippen LogP contribution in [0.4, 0.5) is 11.5 Å². The number of anilines is 2. The Bertz CT molecular complexity index is 1180. The van der Waals surface area contributed by atoms with E-state index < -0.39 is 0 Å². The predicted octanol–water partition coefficient (Wildman–Crippen LogP) is 3.92. The third-order valence-corrected chi connectivity index (χ3v) is 5.36. The number of carbonyl (C=O) groups is 1. The molecule has 2 heterocycles. The van der Waals surface area contributed by atoms with Gasteiger partial charge in [0.05, 0.1) is 12.6 Å². The van der Waals surface area contributed by atoms with E-state index in [0.717, 1.165) is 54.4 Å². The fraction of sp³-hybridized carbons (Fsp3) is 0.240. The molecule has 0 atom stereocenters. The van der Waals surface area contributed by atoms with E-state index in [-0.39, 0.29) is 6.10 Å². The molecule has 32 heavy (non-hydrogen) atoms. The first kappa shape index (κ1) is 21.2. The summed E-state index contributed by atoms with van der Waals surface area (Å²) in [7, 11) is 1.62. The Morgan fingerprint density at radius 2 is 2.03 bits per heavy atom. The van der Waals surface area contributed by atoms with Gasteiger partial charge in [0.2, 0.25) is 0 Å². The molecule has 0 bridgehead atoms. The summed E-state index contributed by atoms with van der Waals surface area (Å²) in [5.41, 5.74) is 2.37. The van der Waals surface area contributed by atoms with Crippen LogP contribution in [0.5, 0.6) is 11.5 Å². The summed E-state index contributed by atoms with van der Waals surface area (Å²) in [6.07, 6.45) is 12.9. The van der Waals surface area contributed by atoms with Gasteiger partial charge in [0.15, 0.2) is 11.5 Å². The molecule has 1 saturated heterocycles. The van der Waals surface area contributed by atoms with Crippen LogP contribution in [-0.2, 0) is 4.79 Å². The summed E-state index contributed by atoms with van der Waals surface area (Å²) < 4.78 is 11.9. The number of rotatable bonds is 7. The minimum Gasteiger partial charge on any atom is -0.493 e. The number of likely N-dealkylation sites (tertiary alicyclic amines) is 1. The highest BCUT2D eigenvalue weighted by Gasteiger charge is 2.21. The maximum absolute atomic E-state index is 10.5. The van der Waals surface area contributed by atoms with Crippen LogP contribution in [0.2, 0.25) is 0 Å². The summed E-state index contributed by atoms with van der Waals surface area (Å²) in [5.74, 6) is 4.57. The van der Waals surface area contributed by atoms with Crippen LogP contribution in [0.3, 0.4) is 0 Å². The molecule has 4 rings (SSSR count). The van der Waals surface area contributed by atoms with Crippen LogP contribution in [0, 0.1) is 12.3 Å². The van der Waals surface area contributed by atoms with Crippen molar-refractivity contribution >= 4 is 28.7 Å². The van der Waals surface area contributed by atoms with Crippen molar-refractivity contribution in [2.75, 3.05) is 25.5 Å². The summed E-state index contributed by atoms with van der Waals surface area (Å²) in [5, 5.41) is 4.15.